The maximum Gasteiger partial charge on any atom is 0.165 e. The number of hydrogen-bond donors (Lipinski definition) is 0. The third-order valence-corrected chi connectivity index (χ3v) is 2.84. The molecule has 1 heterocycles. The predicted octanol–water partition coefficient (Wildman–Crippen LogP) is 3.04. The Morgan fingerprint density at radius 2 is 2.20 bits per heavy atom. The van der Waals surface area contributed by atoms with Gasteiger partial charge in [0.2, 0.25) is 0 Å². The van der Waals surface area contributed by atoms with E-state index in [0.29, 0.717) is 5.56 Å². The van der Waals surface area contributed by atoms with Crippen molar-refractivity contribution in [1.29, 1.82) is 0 Å². The monoisotopic (exact) mass is 292 g/mol. The Morgan fingerprint density at radius 3 is 2.85 bits per heavy atom. The van der Waals surface area contributed by atoms with Gasteiger partial charge in [0.1, 0.15) is 6.61 Å². The van der Waals surface area contributed by atoms with E-state index < -0.39 is 5.82 Å². The van der Waals surface area contributed by atoms with E-state index in [1.807, 2.05) is 20.0 Å². The van der Waals surface area contributed by atoms with Crippen LogP contribution in [0.15, 0.2) is 24.3 Å². The van der Waals surface area contributed by atoms with E-state index in [4.69, 9.17) is 16.3 Å². The lowest BCUT2D eigenvalue weighted by Crippen LogP contribution is -2.04. The number of benzene rings is 1. The number of nitrogens with zero attached hydrogens (tertiary/aromatic N) is 2. The second-order valence-corrected chi connectivity index (χ2v) is 4.54. The van der Waals surface area contributed by atoms with Gasteiger partial charge in [0.05, 0.1) is 17.3 Å². The largest absolute Gasteiger partial charge is 0.484 e. The summed E-state index contributed by atoms with van der Waals surface area (Å²) in [6, 6.07) is 6.39. The summed E-state index contributed by atoms with van der Waals surface area (Å²) in [5, 5.41) is 4.21. The fourth-order valence-electron chi connectivity index (χ4n) is 1.78. The van der Waals surface area contributed by atoms with E-state index in [-0.39, 0.29) is 18.2 Å². The second-order valence-electron chi connectivity index (χ2n) is 4.27. The van der Waals surface area contributed by atoms with E-state index in [9.17, 15) is 4.39 Å². The van der Waals surface area contributed by atoms with Gasteiger partial charge in [-0.15, -0.1) is 11.6 Å². The van der Waals surface area contributed by atoms with Crippen LogP contribution < -0.4 is 4.74 Å². The van der Waals surface area contributed by atoms with Crippen molar-refractivity contribution in [2.45, 2.75) is 13.5 Å². The molecule has 0 aliphatic rings. The average Bonchev–Trinajstić information content (AvgIpc) is 2.74. The summed E-state index contributed by atoms with van der Waals surface area (Å²) in [5.41, 5.74) is 2.44. The summed E-state index contributed by atoms with van der Waals surface area (Å²) in [7, 11) is 1.82. The van der Waals surface area contributed by atoms with Crippen LogP contribution in [0.25, 0.3) is 0 Å². The first-order chi connectivity index (χ1) is 9.60. The van der Waals surface area contributed by atoms with Gasteiger partial charge < -0.3 is 4.74 Å². The van der Waals surface area contributed by atoms with E-state index >= 15 is 0 Å². The molecule has 20 heavy (non-hydrogen) atoms. The van der Waals surface area contributed by atoms with Crippen LogP contribution in [0.3, 0.4) is 0 Å². The Kier molecular flexibility index (Phi) is 4.65. The molecule has 0 aliphatic carbocycles. The molecule has 0 amide bonds. The first-order valence-corrected chi connectivity index (χ1v) is 6.60. The molecular formula is C15H14ClFN2O. The summed E-state index contributed by atoms with van der Waals surface area (Å²) >= 11 is 5.49. The van der Waals surface area contributed by atoms with E-state index in [1.54, 1.807) is 16.8 Å². The number of rotatable bonds is 3. The fourth-order valence-corrected chi connectivity index (χ4v) is 1.85. The minimum Gasteiger partial charge on any atom is -0.484 e. The summed E-state index contributed by atoms with van der Waals surface area (Å²) < 4.78 is 20.9. The van der Waals surface area contributed by atoms with E-state index in [2.05, 4.69) is 16.9 Å². The van der Waals surface area contributed by atoms with Crippen molar-refractivity contribution in [3.05, 3.63) is 47.0 Å². The van der Waals surface area contributed by atoms with Crippen LogP contribution in [-0.4, -0.2) is 15.7 Å². The maximum atomic E-state index is 13.7. The van der Waals surface area contributed by atoms with Gasteiger partial charge in [0, 0.05) is 12.6 Å². The Labute approximate surface area is 122 Å². The quantitative estimate of drug-likeness (QED) is 0.642. The summed E-state index contributed by atoms with van der Waals surface area (Å²) in [4.78, 5) is 0. The standard InChI is InChI=1S/C15H14ClFN2O/c1-11-8-13(19(2)18-11)10-20-15-9-12(4-3-7-16)5-6-14(15)17/h5-6,8-9H,7,10H2,1-2H3. The minimum atomic E-state index is -0.416. The van der Waals surface area contributed by atoms with Crippen LogP contribution in [-0.2, 0) is 13.7 Å². The predicted molar refractivity (Wildman–Crippen MR) is 76.3 cm³/mol. The Balaban J connectivity index is 2.14. The number of hydrogen-bond acceptors (Lipinski definition) is 2. The first-order valence-electron chi connectivity index (χ1n) is 6.07. The zero-order chi connectivity index (χ0) is 14.5. The number of alkyl halides is 1. The number of halogens is 2. The molecule has 0 N–H and O–H groups in total. The smallest absolute Gasteiger partial charge is 0.165 e. The van der Waals surface area contributed by atoms with Crippen LogP contribution in [0.2, 0.25) is 0 Å². The van der Waals surface area contributed by atoms with Crippen LogP contribution in [0.4, 0.5) is 4.39 Å². The van der Waals surface area contributed by atoms with E-state index in [1.165, 1.54) is 6.07 Å². The van der Waals surface area contributed by atoms with Crippen molar-refractivity contribution in [2.24, 2.45) is 7.05 Å². The SMILES string of the molecule is Cc1cc(COc2cc(C#CCCl)ccc2F)n(C)n1. The molecule has 2 aromatic rings. The average molecular weight is 293 g/mol. The van der Waals surface area contributed by atoms with Crippen molar-refractivity contribution in [2.75, 3.05) is 5.88 Å². The third-order valence-electron chi connectivity index (χ3n) is 2.71. The minimum absolute atomic E-state index is 0.172. The topological polar surface area (TPSA) is 27.1 Å². The summed E-state index contributed by atoms with van der Waals surface area (Å²) in [6.07, 6.45) is 0. The van der Waals surface area contributed by atoms with Gasteiger partial charge in [-0.3, -0.25) is 4.68 Å². The Hall–Kier alpha value is -1.99. The lowest BCUT2D eigenvalue weighted by Gasteiger charge is -2.07. The fraction of sp³-hybridized carbons (Fsp3) is 0.267. The highest BCUT2D eigenvalue weighted by atomic mass is 35.5. The zero-order valence-electron chi connectivity index (χ0n) is 11.3. The van der Waals surface area contributed by atoms with Crippen LogP contribution in [0, 0.1) is 24.6 Å². The molecule has 3 nitrogen and oxygen atoms in total. The lowest BCUT2D eigenvalue weighted by molar-refractivity contribution is 0.280. The molecule has 0 atom stereocenters. The molecule has 0 radical (unpaired) electrons. The molecule has 104 valence electrons. The van der Waals surface area contributed by atoms with E-state index in [0.717, 1.165) is 11.4 Å². The molecule has 5 heteroatoms. The molecule has 0 aliphatic heterocycles. The van der Waals surface area contributed by atoms with Crippen molar-refractivity contribution < 1.29 is 9.13 Å². The molecule has 2 rings (SSSR count). The van der Waals surface area contributed by atoms with Gasteiger partial charge in [-0.05, 0) is 31.2 Å². The number of ether oxygens (including phenoxy) is 1. The molecule has 0 bridgehead atoms. The normalized spacial score (nSPS) is 10.0. The summed E-state index contributed by atoms with van der Waals surface area (Å²) in [6.45, 7) is 2.15. The Bertz CT molecular complexity index is 670. The van der Waals surface area contributed by atoms with Gasteiger partial charge in [-0.2, -0.15) is 5.10 Å². The molecule has 1 aromatic carbocycles. The number of aromatic nitrogens is 2. The van der Waals surface area contributed by atoms with Gasteiger partial charge >= 0.3 is 0 Å². The second kappa shape index (κ2) is 6.44. The van der Waals surface area contributed by atoms with Crippen molar-refractivity contribution in [1.82, 2.24) is 9.78 Å². The summed E-state index contributed by atoms with van der Waals surface area (Å²) in [5.74, 6) is 5.54. The molecule has 0 spiro atoms. The zero-order valence-corrected chi connectivity index (χ0v) is 12.0. The maximum absolute atomic E-state index is 13.7. The van der Waals surface area contributed by atoms with Gasteiger partial charge in [-0.25, -0.2) is 4.39 Å². The highest BCUT2D eigenvalue weighted by Gasteiger charge is 2.07. The molecule has 0 unspecified atom stereocenters. The lowest BCUT2D eigenvalue weighted by atomic mass is 10.2. The highest BCUT2D eigenvalue weighted by molar-refractivity contribution is 6.19. The van der Waals surface area contributed by atoms with Crippen LogP contribution >= 0.6 is 11.6 Å². The molecule has 1 aromatic heterocycles. The van der Waals surface area contributed by atoms with Crippen molar-refractivity contribution in [3.8, 4) is 17.6 Å². The van der Waals surface area contributed by atoms with Gasteiger partial charge in [0.25, 0.3) is 0 Å². The van der Waals surface area contributed by atoms with Crippen molar-refractivity contribution in [3.63, 3.8) is 0 Å². The Morgan fingerprint density at radius 1 is 1.40 bits per heavy atom. The number of aryl methyl sites for hydroxylation is 2. The molecule has 0 saturated carbocycles. The molecule has 0 fully saturated rings. The van der Waals surface area contributed by atoms with Crippen molar-refractivity contribution >= 4 is 11.6 Å². The van der Waals surface area contributed by atoms with Gasteiger partial charge in [-0.1, -0.05) is 11.8 Å². The molecular weight excluding hydrogens is 279 g/mol. The molecule has 0 saturated heterocycles. The third kappa shape index (κ3) is 3.52. The first kappa shape index (κ1) is 14.4. The van der Waals surface area contributed by atoms with Gasteiger partial charge in [0.15, 0.2) is 11.6 Å². The van der Waals surface area contributed by atoms with Crippen LogP contribution in [0.1, 0.15) is 17.0 Å². The highest BCUT2D eigenvalue weighted by Crippen LogP contribution is 2.20. The van der Waals surface area contributed by atoms with Crippen LogP contribution in [0.5, 0.6) is 5.75 Å².